The normalized spacial score (nSPS) is 13.0. The molecule has 3 N–H and O–H groups in total. The number of imide groups is 1. The lowest BCUT2D eigenvalue weighted by Gasteiger charge is -2.13. The summed E-state index contributed by atoms with van der Waals surface area (Å²) in [6.07, 6.45) is 2.73. The maximum Gasteiger partial charge on any atom is 0.262 e. The van der Waals surface area contributed by atoms with E-state index in [1.807, 2.05) is 0 Å². The van der Waals surface area contributed by atoms with E-state index in [1.165, 1.54) is 12.6 Å². The van der Waals surface area contributed by atoms with Gasteiger partial charge in [-0.1, -0.05) is 11.6 Å². The average molecular weight is 357 g/mol. The number of amides is 2. The Morgan fingerprint density at radius 3 is 2.64 bits per heavy atom. The number of anilines is 1. The van der Waals surface area contributed by atoms with Crippen molar-refractivity contribution < 1.29 is 14.0 Å². The van der Waals surface area contributed by atoms with Gasteiger partial charge in [-0.3, -0.25) is 24.3 Å². The van der Waals surface area contributed by atoms with Gasteiger partial charge in [-0.05, 0) is 18.2 Å². The summed E-state index contributed by atoms with van der Waals surface area (Å²) in [5.74, 6) is -1.01. The molecule has 1 aromatic carbocycles. The maximum atomic E-state index is 12.5. The Balaban J connectivity index is 1.97. The van der Waals surface area contributed by atoms with E-state index in [1.54, 1.807) is 18.2 Å². The smallest absolute Gasteiger partial charge is 0.262 e. The highest BCUT2D eigenvalue weighted by Crippen LogP contribution is 2.31. The highest BCUT2D eigenvalue weighted by Gasteiger charge is 2.31. The van der Waals surface area contributed by atoms with Crippen LogP contribution in [-0.2, 0) is 0 Å². The Bertz CT molecular complexity index is 1100. The molecular weight excluding hydrogens is 348 g/mol. The van der Waals surface area contributed by atoms with Gasteiger partial charge in [-0.25, -0.2) is 4.98 Å². The van der Waals surface area contributed by atoms with E-state index in [0.717, 1.165) is 10.6 Å². The molecule has 25 heavy (non-hydrogen) atoms. The third-order valence-corrected chi connectivity index (χ3v) is 4.19. The predicted octanol–water partition coefficient (Wildman–Crippen LogP) is 1.61. The van der Waals surface area contributed by atoms with Crippen molar-refractivity contribution in [2.24, 2.45) is 0 Å². The molecule has 1 aliphatic rings. The molecule has 2 amide bonds. The molecule has 1 aliphatic heterocycles. The van der Waals surface area contributed by atoms with Gasteiger partial charge in [0.05, 0.1) is 28.0 Å². The van der Waals surface area contributed by atoms with Gasteiger partial charge in [0.2, 0.25) is 0 Å². The van der Waals surface area contributed by atoms with Crippen LogP contribution in [0.5, 0.6) is 0 Å². The number of rotatable bonds is 2. The lowest BCUT2D eigenvalue weighted by atomic mass is 10.1. The monoisotopic (exact) mass is 356 g/mol. The van der Waals surface area contributed by atoms with Crippen LogP contribution in [0.25, 0.3) is 17.0 Å². The number of nitrogens with zero attached hydrogens (tertiary/aromatic N) is 2. The van der Waals surface area contributed by atoms with Crippen LogP contribution in [0.1, 0.15) is 20.7 Å². The van der Waals surface area contributed by atoms with E-state index in [0.29, 0.717) is 22.0 Å². The molecule has 0 aliphatic carbocycles. The molecule has 2 aromatic heterocycles. The maximum absolute atomic E-state index is 12.5. The highest BCUT2D eigenvalue weighted by atomic mass is 35.5. The fourth-order valence-corrected chi connectivity index (χ4v) is 2.95. The van der Waals surface area contributed by atoms with E-state index in [-0.39, 0.29) is 16.9 Å². The van der Waals surface area contributed by atoms with E-state index >= 15 is 0 Å². The molecule has 0 atom stereocenters. The van der Waals surface area contributed by atoms with Gasteiger partial charge in [0.25, 0.3) is 17.4 Å². The number of aromatic nitrogens is 2. The van der Waals surface area contributed by atoms with Gasteiger partial charge in [0.15, 0.2) is 12.2 Å². The zero-order valence-corrected chi connectivity index (χ0v) is 13.2. The third-order valence-electron chi connectivity index (χ3n) is 3.86. The number of hydrogen-bond donors (Lipinski definition) is 2. The highest BCUT2D eigenvalue weighted by molar-refractivity contribution is 6.33. The molecule has 0 spiro atoms. The quantitative estimate of drug-likeness (QED) is 0.673. The first-order chi connectivity index (χ1) is 12.0. The van der Waals surface area contributed by atoms with Gasteiger partial charge < -0.3 is 10.2 Å². The first kappa shape index (κ1) is 15.2. The molecule has 3 aromatic rings. The number of oxazole rings is 1. The topological polar surface area (TPSA) is 120 Å². The van der Waals surface area contributed by atoms with E-state index < -0.39 is 17.4 Å². The third kappa shape index (κ3) is 2.23. The minimum absolute atomic E-state index is 0.0271. The fraction of sp³-hybridized carbons (Fsp3) is 0. The van der Waals surface area contributed by atoms with Crippen LogP contribution >= 0.6 is 11.6 Å². The summed E-state index contributed by atoms with van der Waals surface area (Å²) in [6, 6.07) is 5.80. The fourth-order valence-electron chi connectivity index (χ4n) is 2.74. The van der Waals surface area contributed by atoms with E-state index in [9.17, 15) is 14.4 Å². The molecule has 0 unspecified atom stereocenters. The minimum atomic E-state index is -0.644. The van der Waals surface area contributed by atoms with Crippen molar-refractivity contribution >= 4 is 29.2 Å². The number of pyridine rings is 1. The second kappa shape index (κ2) is 5.32. The van der Waals surface area contributed by atoms with Crippen LogP contribution in [0.2, 0.25) is 5.02 Å². The molecule has 8 nitrogen and oxygen atoms in total. The molecular formula is C16H9ClN4O4. The molecule has 0 bridgehead atoms. The van der Waals surface area contributed by atoms with Crippen LogP contribution in [0, 0.1) is 0 Å². The molecule has 0 saturated carbocycles. The largest absolute Gasteiger partial charge is 0.443 e. The number of carbonyl (C=O) groups excluding carboxylic acids is 2. The van der Waals surface area contributed by atoms with Crippen molar-refractivity contribution in [2.75, 3.05) is 5.73 Å². The van der Waals surface area contributed by atoms with Crippen molar-refractivity contribution in [1.82, 2.24) is 14.9 Å². The summed E-state index contributed by atoms with van der Waals surface area (Å²) in [6.45, 7) is 0. The second-order valence-electron chi connectivity index (χ2n) is 5.30. The number of nitrogens with one attached hydrogen (secondary N) is 1. The number of halogens is 1. The second-order valence-corrected chi connectivity index (χ2v) is 5.71. The number of fused-ring (bicyclic) bond motifs is 1. The average Bonchev–Trinajstić information content (AvgIpc) is 3.18. The zero-order valence-electron chi connectivity index (χ0n) is 12.4. The lowest BCUT2D eigenvalue weighted by molar-refractivity contribution is 0.0880. The van der Waals surface area contributed by atoms with E-state index in [4.69, 9.17) is 21.8 Å². The zero-order chi connectivity index (χ0) is 17.7. The number of nitrogen functional groups attached to an aromatic ring is 1. The number of hydrogen-bond acceptors (Lipinski definition) is 6. The van der Waals surface area contributed by atoms with Crippen LogP contribution in [0.3, 0.4) is 0 Å². The Morgan fingerprint density at radius 1 is 1.12 bits per heavy atom. The van der Waals surface area contributed by atoms with Crippen LogP contribution in [0.4, 0.5) is 5.82 Å². The lowest BCUT2D eigenvalue weighted by Crippen LogP contribution is -2.24. The van der Waals surface area contributed by atoms with Crippen LogP contribution in [-0.4, -0.2) is 21.4 Å². The first-order valence-electron chi connectivity index (χ1n) is 7.07. The SMILES string of the molecule is Nc1c2c(cc(=O)n1-c1ccc(Cl)c(-c3cnco3)c1)C(=O)NC2=O. The van der Waals surface area contributed by atoms with Crippen molar-refractivity contribution in [3.05, 3.63) is 63.4 Å². The number of carbonyl (C=O) groups is 2. The molecule has 9 heteroatoms. The van der Waals surface area contributed by atoms with E-state index in [2.05, 4.69) is 10.3 Å². The summed E-state index contributed by atoms with van der Waals surface area (Å²) in [5.41, 5.74) is 6.27. The summed E-state index contributed by atoms with van der Waals surface area (Å²) in [5, 5.41) is 2.51. The molecule has 124 valence electrons. The molecule has 3 heterocycles. The first-order valence-corrected chi connectivity index (χ1v) is 7.45. The van der Waals surface area contributed by atoms with Crippen LogP contribution < -0.4 is 16.6 Å². The Morgan fingerprint density at radius 2 is 1.92 bits per heavy atom. The van der Waals surface area contributed by atoms with Crippen molar-refractivity contribution in [3.63, 3.8) is 0 Å². The van der Waals surface area contributed by atoms with Crippen molar-refractivity contribution in [2.45, 2.75) is 0 Å². The predicted molar refractivity (Wildman–Crippen MR) is 88.8 cm³/mol. The van der Waals surface area contributed by atoms with Crippen molar-refractivity contribution in [3.8, 4) is 17.0 Å². The Kier molecular flexibility index (Phi) is 3.22. The molecule has 0 saturated heterocycles. The summed E-state index contributed by atoms with van der Waals surface area (Å²) in [7, 11) is 0. The Hall–Kier alpha value is -3.39. The van der Waals surface area contributed by atoms with Gasteiger partial charge in [-0.15, -0.1) is 0 Å². The molecule has 4 rings (SSSR count). The molecule has 0 radical (unpaired) electrons. The van der Waals surface area contributed by atoms with Gasteiger partial charge >= 0.3 is 0 Å². The van der Waals surface area contributed by atoms with Gasteiger partial charge in [-0.2, -0.15) is 0 Å². The Labute approximate surface area is 144 Å². The summed E-state index contributed by atoms with van der Waals surface area (Å²) >= 11 is 6.18. The summed E-state index contributed by atoms with van der Waals surface area (Å²) in [4.78, 5) is 39.9. The standard InChI is InChI=1S/C16H9ClN4O4/c17-10-2-1-7(3-8(10)11-5-19-6-25-11)21-12(22)4-9-13(14(21)18)16(24)20-15(9)23/h1-6H,18H2,(H,20,23,24). The van der Waals surface area contributed by atoms with Gasteiger partial charge in [0, 0.05) is 11.6 Å². The van der Waals surface area contributed by atoms with Crippen LogP contribution in [0.15, 0.2) is 46.1 Å². The van der Waals surface area contributed by atoms with Gasteiger partial charge in [0.1, 0.15) is 5.82 Å². The number of nitrogens with two attached hydrogens (primary N) is 1. The molecule has 0 fully saturated rings. The number of benzene rings is 1. The van der Waals surface area contributed by atoms with Crippen molar-refractivity contribution in [1.29, 1.82) is 0 Å². The summed E-state index contributed by atoms with van der Waals surface area (Å²) < 4.78 is 6.37. The minimum Gasteiger partial charge on any atom is -0.443 e.